The van der Waals surface area contributed by atoms with Crippen LogP contribution in [0.2, 0.25) is 0 Å². The largest absolute Gasteiger partial charge is 0.469 e. The van der Waals surface area contributed by atoms with Crippen LogP contribution in [0.3, 0.4) is 0 Å². The first-order valence-electron chi connectivity index (χ1n) is 7.75. The Morgan fingerprint density at radius 2 is 1.84 bits per heavy atom. The van der Waals surface area contributed by atoms with Crippen LogP contribution >= 0.6 is 0 Å². The van der Waals surface area contributed by atoms with Crippen molar-refractivity contribution in [2.45, 2.75) is 13.0 Å². The molecule has 0 aliphatic carbocycles. The molecule has 2 rings (SSSR count). The highest BCUT2D eigenvalue weighted by atomic mass is 16.5. The number of amides is 2. The van der Waals surface area contributed by atoms with Gasteiger partial charge in [0.1, 0.15) is 0 Å². The molecule has 25 heavy (non-hydrogen) atoms. The highest BCUT2D eigenvalue weighted by Gasteiger charge is 2.27. The lowest BCUT2D eigenvalue weighted by molar-refractivity contribution is -0.145. The van der Waals surface area contributed by atoms with E-state index in [-0.39, 0.29) is 0 Å². The number of carbonyl (C=O) groups excluding carboxylic acids is 2. The van der Waals surface area contributed by atoms with E-state index < -0.39 is 24.0 Å². The van der Waals surface area contributed by atoms with Crippen LogP contribution in [0.4, 0.5) is 10.5 Å². The molecule has 0 spiro atoms. The van der Waals surface area contributed by atoms with Gasteiger partial charge in [-0.2, -0.15) is 5.26 Å². The van der Waals surface area contributed by atoms with E-state index in [9.17, 15) is 9.59 Å². The molecule has 0 radical (unpaired) electrons. The topological polar surface area (TPSA) is 91.2 Å². The molecule has 2 aromatic rings. The van der Waals surface area contributed by atoms with Crippen molar-refractivity contribution >= 4 is 17.7 Å². The second-order valence-corrected chi connectivity index (χ2v) is 5.49. The van der Waals surface area contributed by atoms with Gasteiger partial charge in [-0.15, -0.1) is 0 Å². The van der Waals surface area contributed by atoms with Crippen LogP contribution in [0.1, 0.15) is 24.1 Å². The number of carbonyl (C=O) groups is 2. The smallest absolute Gasteiger partial charge is 0.319 e. The van der Waals surface area contributed by atoms with E-state index in [1.165, 1.54) is 7.11 Å². The summed E-state index contributed by atoms with van der Waals surface area (Å²) in [7, 11) is 1.31. The fraction of sp³-hybridized carbons (Fsp3) is 0.211. The zero-order valence-electron chi connectivity index (χ0n) is 14.0. The van der Waals surface area contributed by atoms with Crippen molar-refractivity contribution in [1.82, 2.24) is 5.32 Å². The number of nitriles is 1. The molecule has 128 valence electrons. The summed E-state index contributed by atoms with van der Waals surface area (Å²) in [5, 5.41) is 14.4. The fourth-order valence-corrected chi connectivity index (χ4v) is 2.45. The Morgan fingerprint density at radius 3 is 2.48 bits per heavy atom. The van der Waals surface area contributed by atoms with Gasteiger partial charge in [0.05, 0.1) is 30.7 Å². The standard InChI is InChI=1S/C19H19N3O3/c1-13(18(23)25-2)17(15-8-4-3-5-9-15)22-19(24)21-16-10-6-7-14(11-16)12-20/h3-11,13,17H,1-2H3,(H2,21,22,24)/t13-,17-/m0/s1. The molecule has 0 aliphatic rings. The molecular formula is C19H19N3O3. The normalized spacial score (nSPS) is 12.4. The number of methoxy groups -OCH3 is 1. The van der Waals surface area contributed by atoms with Gasteiger partial charge >= 0.3 is 12.0 Å². The van der Waals surface area contributed by atoms with Gasteiger partial charge in [0.15, 0.2) is 0 Å². The van der Waals surface area contributed by atoms with Gasteiger partial charge in [-0.05, 0) is 30.7 Å². The number of ether oxygens (including phenoxy) is 1. The summed E-state index contributed by atoms with van der Waals surface area (Å²) in [5.41, 5.74) is 1.73. The lowest BCUT2D eigenvalue weighted by atomic mass is 9.94. The highest BCUT2D eigenvalue weighted by Crippen LogP contribution is 2.23. The van der Waals surface area contributed by atoms with Crippen LogP contribution in [0.5, 0.6) is 0 Å². The van der Waals surface area contributed by atoms with Crippen LogP contribution < -0.4 is 10.6 Å². The molecule has 0 fully saturated rings. The predicted molar refractivity (Wildman–Crippen MR) is 93.7 cm³/mol. The van der Waals surface area contributed by atoms with Crippen LogP contribution in [0.25, 0.3) is 0 Å². The molecule has 0 saturated heterocycles. The van der Waals surface area contributed by atoms with E-state index >= 15 is 0 Å². The molecular weight excluding hydrogens is 318 g/mol. The Labute approximate surface area is 146 Å². The summed E-state index contributed by atoms with van der Waals surface area (Å²) in [4.78, 5) is 24.3. The Bertz CT molecular complexity index is 784. The third kappa shape index (κ3) is 4.82. The van der Waals surface area contributed by atoms with Crippen molar-refractivity contribution in [3.8, 4) is 6.07 Å². The van der Waals surface area contributed by atoms with Crippen molar-refractivity contribution in [2.24, 2.45) is 5.92 Å². The second kappa shape index (κ2) is 8.50. The maximum absolute atomic E-state index is 12.4. The Morgan fingerprint density at radius 1 is 1.12 bits per heavy atom. The number of hydrogen-bond donors (Lipinski definition) is 2. The van der Waals surface area contributed by atoms with Gasteiger partial charge in [0.2, 0.25) is 0 Å². The molecule has 0 bridgehead atoms. The minimum Gasteiger partial charge on any atom is -0.469 e. The van der Waals surface area contributed by atoms with Gasteiger partial charge < -0.3 is 15.4 Å². The molecule has 2 atom stereocenters. The molecule has 2 amide bonds. The quantitative estimate of drug-likeness (QED) is 0.820. The van der Waals surface area contributed by atoms with Crippen molar-refractivity contribution < 1.29 is 14.3 Å². The molecule has 0 aromatic heterocycles. The molecule has 0 unspecified atom stereocenters. The number of hydrogen-bond acceptors (Lipinski definition) is 4. The molecule has 0 saturated carbocycles. The van der Waals surface area contributed by atoms with E-state index in [1.807, 2.05) is 36.4 Å². The van der Waals surface area contributed by atoms with Crippen LogP contribution in [-0.4, -0.2) is 19.1 Å². The first-order valence-corrected chi connectivity index (χ1v) is 7.75. The Balaban J connectivity index is 2.17. The van der Waals surface area contributed by atoms with Crippen molar-refractivity contribution in [2.75, 3.05) is 12.4 Å². The fourth-order valence-electron chi connectivity index (χ4n) is 2.45. The third-order valence-electron chi connectivity index (χ3n) is 3.77. The molecule has 6 nitrogen and oxygen atoms in total. The van der Waals surface area contributed by atoms with Crippen LogP contribution in [0.15, 0.2) is 54.6 Å². The SMILES string of the molecule is COC(=O)[C@@H](C)[C@H](NC(=O)Nc1cccc(C#N)c1)c1ccccc1. The number of urea groups is 1. The average molecular weight is 337 g/mol. The van der Waals surface area contributed by atoms with E-state index in [4.69, 9.17) is 10.00 Å². The Hall–Kier alpha value is -3.33. The highest BCUT2D eigenvalue weighted by molar-refractivity contribution is 5.90. The predicted octanol–water partition coefficient (Wildman–Crippen LogP) is 3.23. The summed E-state index contributed by atoms with van der Waals surface area (Å²) in [6.45, 7) is 1.69. The number of benzene rings is 2. The van der Waals surface area contributed by atoms with Gasteiger partial charge in [-0.3, -0.25) is 4.79 Å². The summed E-state index contributed by atoms with van der Waals surface area (Å²) >= 11 is 0. The second-order valence-electron chi connectivity index (χ2n) is 5.49. The van der Waals surface area contributed by atoms with Crippen LogP contribution in [-0.2, 0) is 9.53 Å². The molecule has 2 N–H and O–H groups in total. The first-order chi connectivity index (χ1) is 12.0. The molecule has 6 heteroatoms. The molecule has 0 heterocycles. The third-order valence-corrected chi connectivity index (χ3v) is 3.77. The first kappa shape index (κ1) is 18.0. The van der Waals surface area contributed by atoms with E-state index in [2.05, 4.69) is 10.6 Å². The lowest BCUT2D eigenvalue weighted by Crippen LogP contribution is -2.38. The monoisotopic (exact) mass is 337 g/mol. The number of rotatable bonds is 5. The van der Waals surface area contributed by atoms with Crippen molar-refractivity contribution in [3.05, 3.63) is 65.7 Å². The number of esters is 1. The maximum Gasteiger partial charge on any atom is 0.319 e. The van der Waals surface area contributed by atoms with Crippen molar-refractivity contribution in [1.29, 1.82) is 5.26 Å². The van der Waals surface area contributed by atoms with Crippen LogP contribution in [0, 0.1) is 17.2 Å². The lowest BCUT2D eigenvalue weighted by Gasteiger charge is -2.24. The summed E-state index contributed by atoms with van der Waals surface area (Å²) < 4.78 is 4.80. The minimum atomic E-state index is -0.566. The van der Waals surface area contributed by atoms with Crippen molar-refractivity contribution in [3.63, 3.8) is 0 Å². The van der Waals surface area contributed by atoms with Gasteiger partial charge in [0, 0.05) is 5.69 Å². The molecule has 2 aromatic carbocycles. The van der Waals surface area contributed by atoms with Gasteiger partial charge in [0.25, 0.3) is 0 Å². The number of anilines is 1. The number of nitrogens with zero attached hydrogens (tertiary/aromatic N) is 1. The minimum absolute atomic E-state index is 0.416. The summed E-state index contributed by atoms with van der Waals surface area (Å²) in [5.74, 6) is -0.982. The Kier molecular flexibility index (Phi) is 6.13. The van der Waals surface area contributed by atoms with E-state index in [0.717, 1.165) is 5.56 Å². The van der Waals surface area contributed by atoms with Gasteiger partial charge in [-0.25, -0.2) is 4.79 Å². The zero-order valence-corrected chi connectivity index (χ0v) is 14.0. The van der Waals surface area contributed by atoms with E-state index in [0.29, 0.717) is 11.3 Å². The molecule has 0 aliphatic heterocycles. The number of nitrogens with one attached hydrogen (secondary N) is 2. The summed E-state index contributed by atoms with van der Waals surface area (Å²) in [6.07, 6.45) is 0. The average Bonchev–Trinajstić information content (AvgIpc) is 2.65. The summed E-state index contributed by atoms with van der Waals surface area (Å²) in [6, 6.07) is 16.8. The maximum atomic E-state index is 12.4. The van der Waals surface area contributed by atoms with E-state index in [1.54, 1.807) is 31.2 Å². The zero-order chi connectivity index (χ0) is 18.2. The van der Waals surface area contributed by atoms with Gasteiger partial charge in [-0.1, -0.05) is 36.4 Å².